The van der Waals surface area contributed by atoms with Gasteiger partial charge in [0.1, 0.15) is 6.29 Å². The van der Waals surface area contributed by atoms with E-state index in [9.17, 15) is 9.59 Å². The van der Waals surface area contributed by atoms with Crippen molar-refractivity contribution >= 4 is 18.1 Å². The molecule has 1 spiro atoms. The first kappa shape index (κ1) is 12.1. The Morgan fingerprint density at radius 1 is 1.26 bits per heavy atom. The van der Waals surface area contributed by atoms with E-state index < -0.39 is 0 Å². The van der Waals surface area contributed by atoms with Crippen LogP contribution >= 0.6 is 0 Å². The van der Waals surface area contributed by atoms with E-state index >= 15 is 0 Å². The molecule has 0 saturated carbocycles. The molecule has 0 fully saturated rings. The minimum absolute atomic E-state index is 0.157. The first-order chi connectivity index (χ1) is 9.26. The van der Waals surface area contributed by atoms with Crippen LogP contribution in [0.4, 0.5) is 0 Å². The first-order valence-corrected chi connectivity index (χ1v) is 6.70. The summed E-state index contributed by atoms with van der Waals surface area (Å²) in [5, 5.41) is 0. The van der Waals surface area contributed by atoms with E-state index in [2.05, 4.69) is 24.3 Å². The molecular weight excluding hydrogens is 236 g/mol. The van der Waals surface area contributed by atoms with Gasteiger partial charge in [-0.1, -0.05) is 42.5 Å². The van der Waals surface area contributed by atoms with Crippen LogP contribution in [-0.4, -0.2) is 12.1 Å². The summed E-state index contributed by atoms with van der Waals surface area (Å²) in [6, 6.07) is 8.27. The molecule has 3 rings (SSSR count). The summed E-state index contributed by atoms with van der Waals surface area (Å²) >= 11 is 0. The van der Waals surface area contributed by atoms with Crippen molar-refractivity contribution in [2.45, 2.75) is 24.7 Å². The van der Waals surface area contributed by atoms with Crippen molar-refractivity contribution in [1.82, 2.24) is 0 Å². The van der Waals surface area contributed by atoms with Crippen LogP contribution in [-0.2, 0) is 15.0 Å². The minimum Gasteiger partial charge on any atom is -0.303 e. The predicted molar refractivity (Wildman–Crippen MR) is 74.7 cm³/mol. The quantitative estimate of drug-likeness (QED) is 0.758. The molecule has 0 N–H and O–H groups in total. The predicted octanol–water partition coefficient (Wildman–Crippen LogP) is 3.08. The van der Waals surface area contributed by atoms with Crippen LogP contribution in [0.3, 0.4) is 0 Å². The van der Waals surface area contributed by atoms with Crippen molar-refractivity contribution in [1.29, 1.82) is 0 Å². The molecule has 2 aliphatic rings. The fourth-order valence-electron chi connectivity index (χ4n) is 3.32. The van der Waals surface area contributed by atoms with Crippen molar-refractivity contribution < 1.29 is 9.59 Å². The molecule has 1 aromatic rings. The molecule has 19 heavy (non-hydrogen) atoms. The van der Waals surface area contributed by atoms with Gasteiger partial charge in [-0.25, -0.2) is 0 Å². The molecular formula is C17H16O2. The van der Waals surface area contributed by atoms with Crippen molar-refractivity contribution in [3.05, 3.63) is 53.6 Å². The Kier molecular flexibility index (Phi) is 2.94. The van der Waals surface area contributed by atoms with Gasteiger partial charge in [0.25, 0.3) is 0 Å². The molecule has 0 heterocycles. The zero-order valence-electron chi connectivity index (χ0n) is 10.7. The lowest BCUT2D eigenvalue weighted by Crippen LogP contribution is -2.37. The Labute approximate surface area is 112 Å². The topological polar surface area (TPSA) is 34.1 Å². The number of hydrogen-bond donors (Lipinski definition) is 0. The molecule has 2 heteroatoms. The largest absolute Gasteiger partial charge is 0.303 e. The lowest BCUT2D eigenvalue weighted by molar-refractivity contribution is -0.115. The van der Waals surface area contributed by atoms with Crippen LogP contribution in [0.5, 0.6) is 0 Å². The zero-order valence-corrected chi connectivity index (χ0v) is 10.7. The fraction of sp³-hybridized carbons (Fsp3) is 0.294. The molecule has 0 saturated heterocycles. The highest BCUT2D eigenvalue weighted by Crippen LogP contribution is 2.47. The SMILES string of the molecule is O=CCC1C=Cc2ccccc2C12C=CC(=O)CC2. The van der Waals surface area contributed by atoms with Crippen LogP contribution in [0, 0.1) is 5.92 Å². The number of hydrogen-bond acceptors (Lipinski definition) is 2. The number of fused-ring (bicyclic) bond motifs is 2. The first-order valence-electron chi connectivity index (χ1n) is 6.70. The molecule has 0 bridgehead atoms. The van der Waals surface area contributed by atoms with Crippen molar-refractivity contribution in [3.8, 4) is 0 Å². The van der Waals surface area contributed by atoms with E-state index in [1.807, 2.05) is 18.2 Å². The monoisotopic (exact) mass is 252 g/mol. The third-order valence-corrected chi connectivity index (χ3v) is 4.33. The number of rotatable bonds is 2. The number of carbonyl (C=O) groups excluding carboxylic acids is 2. The number of ketones is 1. The Hall–Kier alpha value is -1.96. The second-order valence-corrected chi connectivity index (χ2v) is 5.30. The Balaban J connectivity index is 2.15. The zero-order chi connectivity index (χ0) is 13.3. The van der Waals surface area contributed by atoms with Gasteiger partial charge in [-0.2, -0.15) is 0 Å². The average molecular weight is 252 g/mol. The number of allylic oxidation sites excluding steroid dienone is 3. The van der Waals surface area contributed by atoms with Gasteiger partial charge in [-0.15, -0.1) is 0 Å². The van der Waals surface area contributed by atoms with Crippen molar-refractivity contribution in [2.75, 3.05) is 0 Å². The van der Waals surface area contributed by atoms with Crippen LogP contribution in [0.25, 0.3) is 6.08 Å². The van der Waals surface area contributed by atoms with E-state index in [0.29, 0.717) is 12.8 Å². The fourth-order valence-corrected chi connectivity index (χ4v) is 3.32. The van der Waals surface area contributed by atoms with Gasteiger partial charge in [0.2, 0.25) is 0 Å². The maximum atomic E-state index is 11.5. The van der Waals surface area contributed by atoms with Crippen LogP contribution in [0.1, 0.15) is 30.4 Å². The summed E-state index contributed by atoms with van der Waals surface area (Å²) in [6.07, 6.45) is 10.8. The maximum absolute atomic E-state index is 11.5. The number of benzene rings is 1. The molecule has 96 valence electrons. The second kappa shape index (κ2) is 4.61. The van der Waals surface area contributed by atoms with Gasteiger partial charge in [0.05, 0.1) is 0 Å². The van der Waals surface area contributed by atoms with Crippen LogP contribution in [0.15, 0.2) is 42.5 Å². The van der Waals surface area contributed by atoms with E-state index in [1.54, 1.807) is 6.08 Å². The lowest BCUT2D eigenvalue weighted by Gasteiger charge is -2.42. The van der Waals surface area contributed by atoms with Gasteiger partial charge in [-0.05, 0) is 29.5 Å². The van der Waals surface area contributed by atoms with E-state index in [0.717, 1.165) is 12.7 Å². The molecule has 2 aliphatic carbocycles. The number of aldehydes is 1. The molecule has 0 aliphatic heterocycles. The average Bonchev–Trinajstić information content (AvgIpc) is 2.45. The van der Waals surface area contributed by atoms with E-state index in [4.69, 9.17) is 0 Å². The number of carbonyl (C=O) groups is 2. The van der Waals surface area contributed by atoms with Gasteiger partial charge in [-0.3, -0.25) is 4.79 Å². The summed E-state index contributed by atoms with van der Waals surface area (Å²) in [5.41, 5.74) is 2.26. The standard InChI is InChI=1S/C17H16O2/c18-12-9-14-6-5-13-3-1-2-4-16(13)17(14)10-7-15(19)8-11-17/h1-7,10,12,14H,8-9,11H2. The summed E-state index contributed by atoms with van der Waals surface area (Å²) in [5.74, 6) is 0.340. The van der Waals surface area contributed by atoms with E-state index in [1.165, 1.54) is 11.1 Å². The van der Waals surface area contributed by atoms with Gasteiger partial charge >= 0.3 is 0 Å². The molecule has 0 amide bonds. The smallest absolute Gasteiger partial charge is 0.155 e. The van der Waals surface area contributed by atoms with E-state index in [-0.39, 0.29) is 17.1 Å². The van der Waals surface area contributed by atoms with Gasteiger partial charge < -0.3 is 4.79 Å². The summed E-state index contributed by atoms with van der Waals surface area (Å²) in [7, 11) is 0. The molecule has 1 aromatic carbocycles. The Morgan fingerprint density at radius 3 is 2.84 bits per heavy atom. The normalized spacial score (nSPS) is 28.4. The molecule has 0 radical (unpaired) electrons. The molecule has 2 unspecified atom stereocenters. The summed E-state index contributed by atoms with van der Waals surface area (Å²) < 4.78 is 0. The second-order valence-electron chi connectivity index (χ2n) is 5.30. The lowest BCUT2D eigenvalue weighted by atomic mass is 9.61. The third kappa shape index (κ3) is 1.88. The van der Waals surface area contributed by atoms with Crippen LogP contribution in [0.2, 0.25) is 0 Å². The van der Waals surface area contributed by atoms with Gasteiger partial charge in [0, 0.05) is 18.3 Å². The molecule has 2 nitrogen and oxygen atoms in total. The summed E-state index contributed by atoms with van der Waals surface area (Å²) in [4.78, 5) is 22.4. The Morgan fingerprint density at radius 2 is 2.11 bits per heavy atom. The maximum Gasteiger partial charge on any atom is 0.155 e. The highest BCUT2D eigenvalue weighted by molar-refractivity contribution is 5.91. The highest BCUT2D eigenvalue weighted by Gasteiger charge is 2.41. The van der Waals surface area contributed by atoms with Gasteiger partial charge in [0.15, 0.2) is 5.78 Å². The van der Waals surface area contributed by atoms with Crippen LogP contribution < -0.4 is 0 Å². The minimum atomic E-state index is -0.180. The third-order valence-electron chi connectivity index (χ3n) is 4.33. The van der Waals surface area contributed by atoms with Crippen molar-refractivity contribution in [2.24, 2.45) is 5.92 Å². The summed E-state index contributed by atoms with van der Waals surface area (Å²) in [6.45, 7) is 0. The van der Waals surface area contributed by atoms with Crippen molar-refractivity contribution in [3.63, 3.8) is 0 Å². The Bertz CT molecular complexity index is 583. The molecule has 0 aromatic heterocycles. The highest BCUT2D eigenvalue weighted by atomic mass is 16.1. The molecule has 2 atom stereocenters.